The zero-order valence-corrected chi connectivity index (χ0v) is 6.13. The molecule has 1 heterocycles. The maximum Gasteiger partial charge on any atom is 0.123 e. The van der Waals surface area contributed by atoms with E-state index in [9.17, 15) is 4.39 Å². The van der Waals surface area contributed by atoms with Gasteiger partial charge in [-0.3, -0.25) is 4.99 Å². The molecule has 0 fully saturated rings. The van der Waals surface area contributed by atoms with Crippen molar-refractivity contribution in [1.29, 1.82) is 0 Å². The molecular formula is C10H10FN. The van der Waals surface area contributed by atoms with Crippen LogP contribution in [0.25, 0.3) is 0 Å². The second kappa shape index (κ2) is 3.05. The van der Waals surface area contributed by atoms with Crippen LogP contribution >= 0.6 is 0 Å². The lowest BCUT2D eigenvalue weighted by atomic mass is 10.1. The highest BCUT2D eigenvalue weighted by Gasteiger charge is 2.08. The fourth-order valence-corrected chi connectivity index (χ4v) is 0.971. The number of halogens is 1. The number of rotatable bonds is 1. The normalized spacial score (nSPS) is 36.2. The van der Waals surface area contributed by atoms with Gasteiger partial charge in [-0.05, 0) is 30.4 Å². The predicted octanol–water partition coefficient (Wildman–Crippen LogP) is 2.41. The third-order valence-corrected chi connectivity index (χ3v) is 1.50. The number of nitrogens with zero attached hydrogens (tertiary/aromatic N) is 1. The number of aliphatic imine (C=N–C) groups is 1. The Morgan fingerprint density at radius 2 is 2.42 bits per heavy atom. The summed E-state index contributed by atoms with van der Waals surface area (Å²) in [4.78, 5) is 3.47. The Labute approximate surface area is 79.4 Å². The van der Waals surface area contributed by atoms with Gasteiger partial charge in [0.1, 0.15) is 5.82 Å². The van der Waals surface area contributed by atoms with E-state index in [1.165, 1.54) is 12.1 Å². The second-order valence-corrected chi connectivity index (χ2v) is 2.33. The molecule has 2 rings (SSSR count). The smallest absolute Gasteiger partial charge is 0.123 e. The van der Waals surface area contributed by atoms with Crippen LogP contribution < -0.4 is 0 Å². The lowest BCUT2D eigenvalue weighted by Crippen LogP contribution is -1.95. The average Bonchev–Trinajstić information content (AvgIpc) is 2.36. The first-order chi connectivity index (χ1) is 8.09. The third-order valence-electron chi connectivity index (χ3n) is 1.50. The van der Waals surface area contributed by atoms with Crippen LogP contribution in [0.15, 0.2) is 29.3 Å². The van der Waals surface area contributed by atoms with Crippen molar-refractivity contribution in [1.82, 2.24) is 0 Å². The van der Waals surface area contributed by atoms with Crippen LogP contribution in [-0.2, 0) is 0 Å². The first-order valence-corrected chi connectivity index (χ1v) is 3.46. The molecule has 0 radical (unpaired) electrons. The number of hydrogen-bond acceptors (Lipinski definition) is 1. The van der Waals surface area contributed by atoms with E-state index in [2.05, 4.69) is 4.99 Å². The van der Waals surface area contributed by atoms with E-state index in [4.69, 9.17) is 8.22 Å². The first-order valence-electron chi connectivity index (χ1n) is 6.46. The topological polar surface area (TPSA) is 12.4 Å². The van der Waals surface area contributed by atoms with Crippen molar-refractivity contribution in [2.45, 2.75) is 12.7 Å². The molecule has 1 aliphatic heterocycles. The molecule has 1 aliphatic rings. The third kappa shape index (κ3) is 1.37. The van der Waals surface area contributed by atoms with E-state index in [0.717, 1.165) is 12.1 Å². The molecule has 0 N–H and O–H groups in total. The highest BCUT2D eigenvalue weighted by molar-refractivity contribution is 6.01. The van der Waals surface area contributed by atoms with E-state index in [0.29, 0.717) is 0 Å². The molecule has 12 heavy (non-hydrogen) atoms. The Morgan fingerprint density at radius 1 is 1.50 bits per heavy atom. The van der Waals surface area contributed by atoms with Crippen LogP contribution in [0.5, 0.6) is 0 Å². The fourth-order valence-electron chi connectivity index (χ4n) is 0.971. The Hall–Kier alpha value is -1.18. The molecule has 0 aliphatic carbocycles. The summed E-state index contributed by atoms with van der Waals surface area (Å²) in [5.74, 6) is -0.612. The molecular weight excluding hydrogens is 153 g/mol. The molecule has 1 aromatic rings. The fraction of sp³-hybridized carbons (Fsp3) is 0.300. The molecule has 62 valence electrons. The van der Waals surface area contributed by atoms with Gasteiger partial charge in [-0.1, -0.05) is 12.1 Å². The molecule has 0 saturated heterocycles. The van der Waals surface area contributed by atoms with Crippen molar-refractivity contribution < 1.29 is 12.6 Å². The first kappa shape index (κ1) is 3.29. The number of hydrogen-bond donors (Lipinski definition) is 0. The van der Waals surface area contributed by atoms with Gasteiger partial charge < -0.3 is 0 Å². The summed E-state index contributed by atoms with van der Waals surface area (Å²) in [7, 11) is 0. The summed E-state index contributed by atoms with van der Waals surface area (Å²) in [6.07, 6.45) is -5.42. The van der Waals surface area contributed by atoms with E-state index < -0.39 is 30.8 Å². The van der Waals surface area contributed by atoms with Crippen LogP contribution in [-0.4, -0.2) is 12.2 Å². The Bertz CT molecular complexity index is 525. The van der Waals surface area contributed by atoms with Crippen molar-refractivity contribution in [3.63, 3.8) is 0 Å². The quantitative estimate of drug-likeness (QED) is 0.612. The van der Waals surface area contributed by atoms with Crippen molar-refractivity contribution in [2.24, 2.45) is 4.99 Å². The van der Waals surface area contributed by atoms with Crippen LogP contribution in [0.4, 0.5) is 4.39 Å². The van der Waals surface area contributed by atoms with E-state index in [1.54, 1.807) is 0 Å². The Kier molecular flexibility index (Phi) is 0.836. The summed E-state index contributed by atoms with van der Waals surface area (Å²) in [6.45, 7) is -2.68. The van der Waals surface area contributed by atoms with Gasteiger partial charge in [0.05, 0.1) is 2.74 Å². The zero-order chi connectivity index (χ0) is 13.8. The van der Waals surface area contributed by atoms with Gasteiger partial charge >= 0.3 is 0 Å². The summed E-state index contributed by atoms with van der Waals surface area (Å²) in [6, 6.07) is 4.88. The van der Waals surface area contributed by atoms with Gasteiger partial charge in [0.2, 0.25) is 0 Å². The SMILES string of the molecule is [2H]C1([2H])N=C(c2cccc(F)c2)C([2H])([2H])C1([2H])[2H]. The van der Waals surface area contributed by atoms with Crippen LogP contribution in [0, 0.1) is 5.82 Å². The maximum absolute atomic E-state index is 13.1. The summed E-state index contributed by atoms with van der Waals surface area (Å²) < 4.78 is 58.5. The molecule has 1 nitrogen and oxygen atoms in total. The molecule has 1 aromatic carbocycles. The van der Waals surface area contributed by atoms with E-state index in [1.807, 2.05) is 0 Å². The van der Waals surface area contributed by atoms with Crippen molar-refractivity contribution in [2.75, 3.05) is 6.50 Å². The zero-order valence-electron chi connectivity index (χ0n) is 12.1. The van der Waals surface area contributed by atoms with Crippen molar-refractivity contribution >= 4 is 5.71 Å². The lowest BCUT2D eigenvalue weighted by Gasteiger charge is -1.98. The molecule has 0 spiro atoms. The van der Waals surface area contributed by atoms with Crippen LogP contribution in [0.1, 0.15) is 26.5 Å². The average molecular weight is 169 g/mol. The van der Waals surface area contributed by atoms with Gasteiger partial charge in [-0.25, -0.2) is 4.39 Å². The molecule has 0 atom stereocenters. The number of benzene rings is 1. The highest BCUT2D eigenvalue weighted by atomic mass is 19.1. The second-order valence-electron chi connectivity index (χ2n) is 2.33. The van der Waals surface area contributed by atoms with E-state index >= 15 is 0 Å². The minimum atomic E-state index is -2.80. The summed E-state index contributed by atoms with van der Waals surface area (Å²) in [5, 5.41) is 0. The largest absolute Gasteiger partial charge is 0.289 e. The van der Waals surface area contributed by atoms with Gasteiger partial charge in [-0.2, -0.15) is 0 Å². The predicted molar refractivity (Wildman–Crippen MR) is 47.0 cm³/mol. The summed E-state index contributed by atoms with van der Waals surface area (Å²) in [5.41, 5.74) is -0.359. The van der Waals surface area contributed by atoms with Gasteiger partial charge in [0, 0.05) is 17.7 Å². The van der Waals surface area contributed by atoms with Gasteiger partial charge in [0.25, 0.3) is 0 Å². The van der Waals surface area contributed by atoms with Crippen LogP contribution in [0.2, 0.25) is 0 Å². The molecule has 0 aromatic heterocycles. The molecule has 0 saturated carbocycles. The Balaban J connectivity index is 2.59. The summed E-state index contributed by atoms with van der Waals surface area (Å²) >= 11 is 0. The minimum Gasteiger partial charge on any atom is -0.289 e. The Morgan fingerprint density at radius 3 is 3.08 bits per heavy atom. The van der Waals surface area contributed by atoms with Crippen LogP contribution in [0.3, 0.4) is 0 Å². The maximum atomic E-state index is 13.1. The monoisotopic (exact) mass is 169 g/mol. The molecule has 2 heteroatoms. The van der Waals surface area contributed by atoms with E-state index in [-0.39, 0.29) is 5.56 Å². The minimum absolute atomic E-state index is 0.0465. The molecule has 0 unspecified atom stereocenters. The highest BCUT2D eigenvalue weighted by Crippen LogP contribution is 2.13. The van der Waals surface area contributed by atoms with Crippen molar-refractivity contribution in [3.8, 4) is 0 Å². The molecule has 0 bridgehead atoms. The lowest BCUT2D eigenvalue weighted by molar-refractivity contribution is 0.627. The molecule has 0 amide bonds. The standard InChI is InChI=1S/C10H10FN/c11-9-4-1-3-8(7-9)10-5-2-6-12-10/h1,3-4,7H,2,5-6H2/i2D2,5D2,6D2. The van der Waals surface area contributed by atoms with Crippen molar-refractivity contribution in [3.05, 3.63) is 35.6 Å². The van der Waals surface area contributed by atoms with Gasteiger partial charge in [0.15, 0.2) is 0 Å². The van der Waals surface area contributed by atoms with Gasteiger partial charge in [-0.15, -0.1) is 0 Å².